The highest BCUT2D eigenvalue weighted by Gasteiger charge is 2.16. The third-order valence-electron chi connectivity index (χ3n) is 4.38. The van der Waals surface area contributed by atoms with E-state index in [4.69, 9.17) is 21.1 Å². The molecule has 3 aromatic rings. The van der Waals surface area contributed by atoms with Crippen molar-refractivity contribution in [3.05, 3.63) is 53.1 Å². The number of methoxy groups -OCH3 is 2. The van der Waals surface area contributed by atoms with Crippen LogP contribution in [0.15, 0.2) is 47.6 Å². The molecule has 162 valence electrons. The van der Waals surface area contributed by atoms with Crippen LogP contribution in [-0.2, 0) is 16.1 Å². The molecule has 0 atom stereocenters. The van der Waals surface area contributed by atoms with E-state index in [1.165, 1.54) is 37.1 Å². The highest BCUT2D eigenvalue weighted by Crippen LogP contribution is 2.27. The summed E-state index contributed by atoms with van der Waals surface area (Å²) in [5.74, 6) is 0.767. The standard InChI is InChI=1S/C21H21ClN4O4S/c1-4-26-19(13-5-8-15(29-2)9-6-13)24-25-21(26)31-12-18(27)23-17-11-14(20(28)30-3)7-10-16(17)22/h5-11H,4,12H2,1-3H3,(H,23,27). The van der Waals surface area contributed by atoms with E-state index in [2.05, 4.69) is 15.5 Å². The smallest absolute Gasteiger partial charge is 0.337 e. The van der Waals surface area contributed by atoms with Gasteiger partial charge in [0.2, 0.25) is 5.91 Å². The van der Waals surface area contributed by atoms with Gasteiger partial charge in [-0.05, 0) is 49.4 Å². The van der Waals surface area contributed by atoms with Crippen LogP contribution in [0.2, 0.25) is 5.02 Å². The number of ether oxygens (including phenoxy) is 2. The molecule has 1 heterocycles. The summed E-state index contributed by atoms with van der Waals surface area (Å²) in [6.07, 6.45) is 0. The summed E-state index contributed by atoms with van der Waals surface area (Å²) < 4.78 is 11.8. The first-order chi connectivity index (χ1) is 15.0. The van der Waals surface area contributed by atoms with Crippen LogP contribution in [0.5, 0.6) is 5.75 Å². The molecule has 0 aliphatic heterocycles. The van der Waals surface area contributed by atoms with Crippen LogP contribution in [-0.4, -0.2) is 46.6 Å². The number of carbonyl (C=O) groups is 2. The molecule has 1 N–H and O–H groups in total. The maximum atomic E-state index is 12.5. The van der Waals surface area contributed by atoms with Crippen LogP contribution in [0.3, 0.4) is 0 Å². The minimum atomic E-state index is -0.511. The average molecular weight is 461 g/mol. The molecule has 3 rings (SSSR count). The first kappa shape index (κ1) is 22.6. The fourth-order valence-electron chi connectivity index (χ4n) is 2.82. The third-order valence-corrected chi connectivity index (χ3v) is 5.67. The molecule has 2 aromatic carbocycles. The summed E-state index contributed by atoms with van der Waals surface area (Å²) in [5, 5.41) is 12.2. The second-order valence-electron chi connectivity index (χ2n) is 6.30. The van der Waals surface area contributed by atoms with E-state index in [1.54, 1.807) is 7.11 Å². The van der Waals surface area contributed by atoms with E-state index >= 15 is 0 Å². The van der Waals surface area contributed by atoms with Gasteiger partial charge in [0.25, 0.3) is 0 Å². The lowest BCUT2D eigenvalue weighted by atomic mass is 10.2. The molecule has 0 spiro atoms. The zero-order chi connectivity index (χ0) is 22.4. The number of esters is 1. The number of halogens is 1. The molecule has 0 saturated heterocycles. The van der Waals surface area contributed by atoms with Gasteiger partial charge in [0, 0.05) is 12.1 Å². The predicted octanol–water partition coefficient (Wildman–Crippen LogP) is 4.14. The van der Waals surface area contributed by atoms with Gasteiger partial charge in [0.05, 0.1) is 36.2 Å². The Kier molecular flexibility index (Phi) is 7.54. The van der Waals surface area contributed by atoms with Gasteiger partial charge in [-0.25, -0.2) is 4.79 Å². The van der Waals surface area contributed by atoms with Gasteiger partial charge < -0.3 is 19.4 Å². The topological polar surface area (TPSA) is 95.3 Å². The van der Waals surface area contributed by atoms with Gasteiger partial charge in [0.15, 0.2) is 11.0 Å². The van der Waals surface area contributed by atoms with Crippen molar-refractivity contribution < 1.29 is 19.1 Å². The molecule has 31 heavy (non-hydrogen) atoms. The molecule has 0 aliphatic rings. The van der Waals surface area contributed by atoms with Crippen molar-refractivity contribution in [2.75, 3.05) is 25.3 Å². The molecule has 0 aliphatic carbocycles. The molecule has 1 amide bonds. The minimum absolute atomic E-state index is 0.0968. The number of carbonyl (C=O) groups excluding carboxylic acids is 2. The van der Waals surface area contributed by atoms with E-state index < -0.39 is 5.97 Å². The molecule has 0 radical (unpaired) electrons. The maximum Gasteiger partial charge on any atom is 0.337 e. The zero-order valence-corrected chi connectivity index (χ0v) is 18.8. The predicted molar refractivity (Wildman–Crippen MR) is 120 cm³/mol. The summed E-state index contributed by atoms with van der Waals surface area (Å²) in [6.45, 7) is 2.63. The number of anilines is 1. The zero-order valence-electron chi connectivity index (χ0n) is 17.2. The van der Waals surface area contributed by atoms with Gasteiger partial charge in [-0.3, -0.25) is 4.79 Å². The molecular weight excluding hydrogens is 440 g/mol. The normalized spacial score (nSPS) is 10.6. The molecular formula is C21H21ClN4O4S. The Morgan fingerprint density at radius 3 is 2.52 bits per heavy atom. The Hall–Kier alpha value is -3.04. The van der Waals surface area contributed by atoms with Gasteiger partial charge in [-0.1, -0.05) is 23.4 Å². The van der Waals surface area contributed by atoms with E-state index in [-0.39, 0.29) is 11.7 Å². The highest BCUT2D eigenvalue weighted by atomic mass is 35.5. The largest absolute Gasteiger partial charge is 0.497 e. The fraction of sp³-hybridized carbons (Fsp3) is 0.238. The number of benzene rings is 2. The lowest BCUT2D eigenvalue weighted by Crippen LogP contribution is -2.15. The Morgan fingerprint density at radius 2 is 1.87 bits per heavy atom. The van der Waals surface area contributed by atoms with Crippen molar-refractivity contribution >= 4 is 40.9 Å². The number of hydrogen-bond acceptors (Lipinski definition) is 7. The van der Waals surface area contributed by atoms with E-state index in [0.717, 1.165) is 11.3 Å². The number of thioether (sulfide) groups is 1. The summed E-state index contributed by atoms with van der Waals surface area (Å²) in [7, 11) is 2.90. The number of hydrogen-bond donors (Lipinski definition) is 1. The molecule has 0 saturated carbocycles. The SMILES string of the molecule is CCn1c(SCC(=O)Nc2cc(C(=O)OC)ccc2Cl)nnc1-c1ccc(OC)cc1. The average Bonchev–Trinajstić information content (AvgIpc) is 3.21. The molecule has 10 heteroatoms. The van der Waals surface area contributed by atoms with Crippen LogP contribution in [0.1, 0.15) is 17.3 Å². The molecule has 8 nitrogen and oxygen atoms in total. The lowest BCUT2D eigenvalue weighted by molar-refractivity contribution is -0.113. The first-order valence-electron chi connectivity index (χ1n) is 9.35. The van der Waals surface area contributed by atoms with E-state index in [1.807, 2.05) is 35.8 Å². The van der Waals surface area contributed by atoms with Crippen molar-refractivity contribution in [2.24, 2.45) is 0 Å². The molecule has 0 fully saturated rings. The molecule has 0 unspecified atom stereocenters. The molecule has 1 aromatic heterocycles. The van der Waals surface area contributed by atoms with Crippen molar-refractivity contribution in [2.45, 2.75) is 18.6 Å². The van der Waals surface area contributed by atoms with Crippen molar-refractivity contribution in [3.63, 3.8) is 0 Å². The monoisotopic (exact) mass is 460 g/mol. The highest BCUT2D eigenvalue weighted by molar-refractivity contribution is 7.99. The Morgan fingerprint density at radius 1 is 1.13 bits per heavy atom. The quantitative estimate of drug-likeness (QED) is 0.398. The Labute approximate surface area is 188 Å². The second-order valence-corrected chi connectivity index (χ2v) is 7.65. The summed E-state index contributed by atoms with van der Waals surface area (Å²) >= 11 is 7.40. The van der Waals surface area contributed by atoms with Crippen molar-refractivity contribution in [1.82, 2.24) is 14.8 Å². The van der Waals surface area contributed by atoms with E-state index in [9.17, 15) is 9.59 Å². The van der Waals surface area contributed by atoms with Crippen molar-refractivity contribution in [3.8, 4) is 17.1 Å². The van der Waals surface area contributed by atoms with Gasteiger partial charge in [0.1, 0.15) is 5.75 Å². The third kappa shape index (κ3) is 5.36. The summed E-state index contributed by atoms with van der Waals surface area (Å²) in [5.41, 5.74) is 1.54. The minimum Gasteiger partial charge on any atom is -0.497 e. The van der Waals surface area contributed by atoms with Crippen LogP contribution in [0.4, 0.5) is 5.69 Å². The second kappa shape index (κ2) is 10.3. The number of nitrogens with zero attached hydrogens (tertiary/aromatic N) is 3. The summed E-state index contributed by atoms with van der Waals surface area (Å²) in [6, 6.07) is 12.1. The number of rotatable bonds is 8. The fourth-order valence-corrected chi connectivity index (χ4v) is 3.78. The first-order valence-corrected chi connectivity index (χ1v) is 10.7. The van der Waals surface area contributed by atoms with Gasteiger partial charge in [-0.15, -0.1) is 10.2 Å². The van der Waals surface area contributed by atoms with Gasteiger partial charge in [-0.2, -0.15) is 0 Å². The van der Waals surface area contributed by atoms with Crippen molar-refractivity contribution in [1.29, 1.82) is 0 Å². The number of amides is 1. The van der Waals surface area contributed by atoms with Crippen LogP contribution in [0.25, 0.3) is 11.4 Å². The van der Waals surface area contributed by atoms with E-state index in [0.29, 0.717) is 33.8 Å². The Bertz CT molecular complexity index is 1090. The lowest BCUT2D eigenvalue weighted by Gasteiger charge is -2.10. The Balaban J connectivity index is 1.69. The summed E-state index contributed by atoms with van der Waals surface area (Å²) in [4.78, 5) is 24.1. The van der Waals surface area contributed by atoms with Crippen LogP contribution < -0.4 is 10.1 Å². The van der Waals surface area contributed by atoms with Gasteiger partial charge >= 0.3 is 5.97 Å². The number of aromatic nitrogens is 3. The van der Waals surface area contributed by atoms with Crippen LogP contribution in [0, 0.1) is 0 Å². The molecule has 0 bridgehead atoms. The maximum absolute atomic E-state index is 12.5. The van der Waals surface area contributed by atoms with Crippen LogP contribution >= 0.6 is 23.4 Å². The number of nitrogens with one attached hydrogen (secondary N) is 1.